The first-order chi connectivity index (χ1) is 11.5. The average molecular weight is 340 g/mol. The van der Waals surface area contributed by atoms with Gasteiger partial charge in [0, 0.05) is 52.4 Å². The molecule has 0 spiro atoms. The maximum Gasteiger partial charge on any atom is 0.191 e. The van der Waals surface area contributed by atoms with Crippen molar-refractivity contribution >= 4 is 5.96 Å². The first-order valence-electron chi connectivity index (χ1n) is 9.90. The highest BCUT2D eigenvalue weighted by molar-refractivity contribution is 5.79. The van der Waals surface area contributed by atoms with Crippen molar-refractivity contribution in [1.29, 1.82) is 0 Å². The van der Waals surface area contributed by atoms with Crippen molar-refractivity contribution in [3.8, 4) is 0 Å². The molecule has 0 saturated carbocycles. The third kappa shape index (κ3) is 9.48. The van der Waals surface area contributed by atoms with Gasteiger partial charge in [0.2, 0.25) is 0 Å². The molecule has 0 aromatic heterocycles. The minimum absolute atomic E-state index is 0.549. The molecule has 0 radical (unpaired) electrons. The van der Waals surface area contributed by atoms with E-state index < -0.39 is 0 Å². The van der Waals surface area contributed by atoms with E-state index in [2.05, 4.69) is 53.2 Å². The van der Waals surface area contributed by atoms with E-state index in [9.17, 15) is 0 Å². The summed E-state index contributed by atoms with van der Waals surface area (Å²) in [7, 11) is 4.06. The van der Waals surface area contributed by atoms with E-state index in [0.717, 1.165) is 25.0 Å². The lowest BCUT2D eigenvalue weighted by atomic mass is 10.0. The highest BCUT2D eigenvalue weighted by Crippen LogP contribution is 2.09. The van der Waals surface area contributed by atoms with Crippen LogP contribution in [0.25, 0.3) is 0 Å². The summed E-state index contributed by atoms with van der Waals surface area (Å²) in [6, 6.07) is 0.549. The van der Waals surface area contributed by atoms with Gasteiger partial charge in [-0.05, 0) is 26.3 Å². The Balaban J connectivity index is 2.07. The highest BCUT2D eigenvalue weighted by atomic mass is 15.3. The summed E-state index contributed by atoms with van der Waals surface area (Å²) < 4.78 is 0. The number of hydrogen-bond donors (Lipinski definition) is 2. The second-order valence-corrected chi connectivity index (χ2v) is 7.66. The number of nitrogens with one attached hydrogen (secondary N) is 2. The molecule has 5 nitrogen and oxygen atoms in total. The monoisotopic (exact) mass is 339 g/mol. The number of rotatable bonds is 10. The largest absolute Gasteiger partial charge is 0.356 e. The molecule has 1 fully saturated rings. The number of likely N-dealkylation sites (N-methyl/N-ethyl adjacent to an activating group) is 1. The average Bonchev–Trinajstić information content (AvgIpc) is 2.56. The third-order valence-corrected chi connectivity index (χ3v) is 4.95. The SMILES string of the molecule is CN=C(NCCCCCCC(C)C)NCC(C)N1CCN(C)CC1. The van der Waals surface area contributed by atoms with Crippen LogP contribution >= 0.6 is 0 Å². The van der Waals surface area contributed by atoms with Gasteiger partial charge >= 0.3 is 0 Å². The minimum Gasteiger partial charge on any atom is -0.356 e. The molecule has 1 unspecified atom stereocenters. The van der Waals surface area contributed by atoms with Gasteiger partial charge in [0.1, 0.15) is 0 Å². The molecule has 1 atom stereocenters. The molecular formula is C19H41N5. The second-order valence-electron chi connectivity index (χ2n) is 7.66. The lowest BCUT2D eigenvalue weighted by Gasteiger charge is -2.36. The van der Waals surface area contributed by atoms with Crippen molar-refractivity contribution < 1.29 is 0 Å². The molecule has 1 rings (SSSR count). The second kappa shape index (κ2) is 12.5. The van der Waals surface area contributed by atoms with Crippen molar-refractivity contribution in [3.63, 3.8) is 0 Å². The minimum atomic E-state index is 0.549. The molecule has 1 heterocycles. The predicted octanol–water partition coefficient (Wildman–Crippen LogP) is 2.39. The zero-order chi connectivity index (χ0) is 17.8. The Morgan fingerprint density at radius 1 is 0.958 bits per heavy atom. The fraction of sp³-hybridized carbons (Fsp3) is 0.947. The van der Waals surface area contributed by atoms with Crippen molar-refractivity contribution in [2.45, 2.75) is 58.9 Å². The van der Waals surface area contributed by atoms with E-state index in [1.165, 1.54) is 58.3 Å². The third-order valence-electron chi connectivity index (χ3n) is 4.95. The molecule has 1 saturated heterocycles. The molecule has 0 amide bonds. The van der Waals surface area contributed by atoms with E-state index >= 15 is 0 Å². The van der Waals surface area contributed by atoms with Crippen LogP contribution in [-0.2, 0) is 0 Å². The number of piperazine rings is 1. The maximum atomic E-state index is 4.34. The predicted molar refractivity (Wildman–Crippen MR) is 106 cm³/mol. The van der Waals surface area contributed by atoms with Crippen LogP contribution in [0.15, 0.2) is 4.99 Å². The Bertz CT molecular complexity index is 335. The quantitative estimate of drug-likeness (QED) is 0.364. The lowest BCUT2D eigenvalue weighted by Crippen LogP contribution is -2.52. The van der Waals surface area contributed by atoms with Crippen LogP contribution in [0.3, 0.4) is 0 Å². The van der Waals surface area contributed by atoms with Crippen LogP contribution in [0.2, 0.25) is 0 Å². The zero-order valence-corrected chi connectivity index (χ0v) is 16.8. The summed E-state index contributed by atoms with van der Waals surface area (Å²) in [6.07, 6.45) is 6.63. The van der Waals surface area contributed by atoms with Crippen LogP contribution in [0.5, 0.6) is 0 Å². The summed E-state index contributed by atoms with van der Waals surface area (Å²) >= 11 is 0. The fourth-order valence-electron chi connectivity index (χ4n) is 3.09. The molecule has 24 heavy (non-hydrogen) atoms. The van der Waals surface area contributed by atoms with Crippen LogP contribution < -0.4 is 10.6 Å². The fourth-order valence-corrected chi connectivity index (χ4v) is 3.09. The van der Waals surface area contributed by atoms with Gasteiger partial charge in [0.05, 0.1) is 0 Å². The Kier molecular flexibility index (Phi) is 11.1. The van der Waals surface area contributed by atoms with Crippen molar-refractivity contribution in [3.05, 3.63) is 0 Å². The van der Waals surface area contributed by atoms with E-state index in [4.69, 9.17) is 0 Å². The van der Waals surface area contributed by atoms with Gasteiger partial charge in [-0.15, -0.1) is 0 Å². The van der Waals surface area contributed by atoms with Crippen LogP contribution in [0, 0.1) is 5.92 Å². The summed E-state index contributed by atoms with van der Waals surface area (Å²) in [5, 5.41) is 6.92. The number of aliphatic imine (C=N–C) groups is 1. The molecular weight excluding hydrogens is 298 g/mol. The molecule has 0 aromatic rings. The van der Waals surface area contributed by atoms with Crippen LogP contribution in [0.4, 0.5) is 0 Å². The van der Waals surface area contributed by atoms with Crippen molar-refractivity contribution in [1.82, 2.24) is 20.4 Å². The Hall–Kier alpha value is -0.810. The standard InChI is InChI=1S/C19H41N5/c1-17(2)10-8-6-7-9-11-21-19(20-4)22-16-18(3)24-14-12-23(5)13-15-24/h17-18H,6-16H2,1-5H3,(H2,20,21,22). The normalized spacial score (nSPS) is 18.8. The van der Waals surface area contributed by atoms with Gasteiger partial charge in [-0.1, -0.05) is 39.5 Å². The van der Waals surface area contributed by atoms with E-state index in [-0.39, 0.29) is 0 Å². The van der Waals surface area contributed by atoms with Gasteiger partial charge in [0.25, 0.3) is 0 Å². The molecule has 0 bridgehead atoms. The molecule has 0 aromatic carbocycles. The highest BCUT2D eigenvalue weighted by Gasteiger charge is 2.18. The Labute approximate surface area is 150 Å². The first kappa shape index (κ1) is 21.2. The molecule has 1 aliphatic rings. The van der Waals surface area contributed by atoms with Crippen LogP contribution in [-0.4, -0.2) is 75.2 Å². The van der Waals surface area contributed by atoms with E-state index in [0.29, 0.717) is 6.04 Å². The summed E-state index contributed by atoms with van der Waals surface area (Å²) in [5.74, 6) is 1.78. The summed E-state index contributed by atoms with van der Waals surface area (Å²) in [6.45, 7) is 13.6. The number of guanidine groups is 1. The Morgan fingerprint density at radius 3 is 2.25 bits per heavy atom. The molecule has 2 N–H and O–H groups in total. The first-order valence-corrected chi connectivity index (χ1v) is 9.90. The molecule has 0 aliphatic carbocycles. The lowest BCUT2D eigenvalue weighted by molar-refractivity contribution is 0.120. The van der Waals surface area contributed by atoms with E-state index in [1.54, 1.807) is 0 Å². The van der Waals surface area contributed by atoms with Gasteiger partial charge < -0.3 is 15.5 Å². The number of hydrogen-bond acceptors (Lipinski definition) is 3. The smallest absolute Gasteiger partial charge is 0.191 e. The van der Waals surface area contributed by atoms with Crippen LogP contribution in [0.1, 0.15) is 52.9 Å². The van der Waals surface area contributed by atoms with E-state index in [1.807, 2.05) is 7.05 Å². The van der Waals surface area contributed by atoms with Gasteiger partial charge in [-0.2, -0.15) is 0 Å². The van der Waals surface area contributed by atoms with Crippen molar-refractivity contribution in [2.24, 2.45) is 10.9 Å². The summed E-state index contributed by atoms with van der Waals surface area (Å²) in [5.41, 5.74) is 0. The molecule has 5 heteroatoms. The maximum absolute atomic E-state index is 4.34. The molecule has 1 aliphatic heterocycles. The zero-order valence-electron chi connectivity index (χ0n) is 16.8. The van der Waals surface area contributed by atoms with Gasteiger partial charge in [-0.3, -0.25) is 9.89 Å². The topological polar surface area (TPSA) is 42.9 Å². The number of nitrogens with zero attached hydrogens (tertiary/aromatic N) is 3. The Morgan fingerprint density at radius 2 is 1.62 bits per heavy atom. The molecule has 142 valence electrons. The van der Waals surface area contributed by atoms with Gasteiger partial charge in [-0.25, -0.2) is 0 Å². The van der Waals surface area contributed by atoms with Crippen molar-refractivity contribution in [2.75, 3.05) is 53.4 Å². The van der Waals surface area contributed by atoms with Gasteiger partial charge in [0.15, 0.2) is 5.96 Å². The summed E-state index contributed by atoms with van der Waals surface area (Å²) in [4.78, 5) is 9.31. The number of unbranched alkanes of at least 4 members (excludes halogenated alkanes) is 3.